The average Bonchev–Trinajstić information content (AvgIpc) is 2.48. The highest BCUT2D eigenvalue weighted by molar-refractivity contribution is 9.10. The van der Waals surface area contributed by atoms with Gasteiger partial charge in [-0.1, -0.05) is 28.1 Å². The molecule has 2 aromatic rings. The number of anilines is 1. The molecule has 0 unspecified atom stereocenters. The van der Waals surface area contributed by atoms with Crippen molar-refractivity contribution in [1.29, 1.82) is 0 Å². The average molecular weight is 349 g/mol. The molecule has 0 aliphatic rings. The van der Waals surface area contributed by atoms with Crippen LogP contribution in [0.25, 0.3) is 0 Å². The summed E-state index contributed by atoms with van der Waals surface area (Å²) in [6.07, 6.45) is 0. The van der Waals surface area contributed by atoms with Gasteiger partial charge in [-0.25, -0.2) is 0 Å². The molecule has 1 amide bonds. The van der Waals surface area contributed by atoms with Crippen LogP contribution in [0.15, 0.2) is 46.9 Å². The van der Waals surface area contributed by atoms with Gasteiger partial charge in [0.15, 0.2) is 6.61 Å². The summed E-state index contributed by atoms with van der Waals surface area (Å²) < 4.78 is 6.45. The minimum Gasteiger partial charge on any atom is -0.484 e. The summed E-state index contributed by atoms with van der Waals surface area (Å²) in [5.74, 6) is 0.444. The molecule has 0 fully saturated rings. The van der Waals surface area contributed by atoms with E-state index in [1.807, 2.05) is 43.3 Å². The fraction of sp³-hybridized carbons (Fsp3) is 0.188. The zero-order valence-electron chi connectivity index (χ0n) is 11.7. The number of nitrogens with two attached hydrogens (primary N) is 1. The van der Waals surface area contributed by atoms with E-state index in [2.05, 4.69) is 21.2 Å². The van der Waals surface area contributed by atoms with E-state index in [-0.39, 0.29) is 12.5 Å². The number of nitrogens with one attached hydrogen (secondary N) is 1. The molecule has 0 radical (unpaired) electrons. The third-order valence-electron chi connectivity index (χ3n) is 2.97. The van der Waals surface area contributed by atoms with Crippen LogP contribution in [-0.4, -0.2) is 12.5 Å². The number of ether oxygens (including phenoxy) is 1. The second-order valence-corrected chi connectivity index (χ2v) is 5.56. The molecule has 110 valence electrons. The summed E-state index contributed by atoms with van der Waals surface area (Å²) in [7, 11) is 0. The van der Waals surface area contributed by atoms with Crippen molar-refractivity contribution in [1.82, 2.24) is 0 Å². The van der Waals surface area contributed by atoms with Crippen LogP contribution < -0.4 is 15.8 Å². The maximum absolute atomic E-state index is 11.9. The predicted molar refractivity (Wildman–Crippen MR) is 87.3 cm³/mol. The van der Waals surface area contributed by atoms with Crippen molar-refractivity contribution >= 4 is 27.5 Å². The largest absolute Gasteiger partial charge is 0.484 e. The number of halogens is 1. The lowest BCUT2D eigenvalue weighted by Crippen LogP contribution is -2.20. The van der Waals surface area contributed by atoms with E-state index in [4.69, 9.17) is 10.5 Å². The number of amides is 1. The number of carbonyl (C=O) groups is 1. The fourth-order valence-electron chi connectivity index (χ4n) is 1.86. The number of carbonyl (C=O) groups excluding carboxylic acids is 1. The van der Waals surface area contributed by atoms with Crippen LogP contribution in [-0.2, 0) is 11.3 Å². The van der Waals surface area contributed by atoms with Gasteiger partial charge in [0, 0.05) is 16.7 Å². The molecule has 0 aliphatic carbocycles. The zero-order valence-corrected chi connectivity index (χ0v) is 13.3. The molecule has 0 heterocycles. The Labute approximate surface area is 132 Å². The van der Waals surface area contributed by atoms with Gasteiger partial charge in [-0.05, 0) is 48.4 Å². The molecule has 0 saturated carbocycles. The Hall–Kier alpha value is -1.85. The Morgan fingerprint density at radius 1 is 1.29 bits per heavy atom. The van der Waals surface area contributed by atoms with Gasteiger partial charge >= 0.3 is 0 Å². The first-order valence-electron chi connectivity index (χ1n) is 6.56. The van der Waals surface area contributed by atoms with E-state index in [9.17, 15) is 4.79 Å². The summed E-state index contributed by atoms with van der Waals surface area (Å²) in [5.41, 5.74) is 8.30. The van der Waals surface area contributed by atoms with E-state index >= 15 is 0 Å². The monoisotopic (exact) mass is 348 g/mol. The highest BCUT2D eigenvalue weighted by Gasteiger charge is 2.06. The van der Waals surface area contributed by atoms with Crippen LogP contribution in [0.1, 0.15) is 11.1 Å². The van der Waals surface area contributed by atoms with Crippen LogP contribution >= 0.6 is 15.9 Å². The van der Waals surface area contributed by atoms with Gasteiger partial charge in [0.05, 0.1) is 0 Å². The van der Waals surface area contributed by atoms with Crippen molar-refractivity contribution in [3.63, 3.8) is 0 Å². The number of hydrogen-bond acceptors (Lipinski definition) is 3. The fourth-order valence-corrected chi connectivity index (χ4v) is 2.34. The van der Waals surface area contributed by atoms with E-state index < -0.39 is 0 Å². The predicted octanol–water partition coefficient (Wildman–Crippen LogP) is 3.23. The Morgan fingerprint density at radius 2 is 2.10 bits per heavy atom. The van der Waals surface area contributed by atoms with Crippen molar-refractivity contribution in [3.05, 3.63) is 58.1 Å². The van der Waals surface area contributed by atoms with Gasteiger partial charge in [-0.2, -0.15) is 0 Å². The number of rotatable bonds is 5. The maximum atomic E-state index is 11.9. The van der Waals surface area contributed by atoms with Gasteiger partial charge in [0.1, 0.15) is 5.75 Å². The van der Waals surface area contributed by atoms with Crippen LogP contribution in [0.5, 0.6) is 5.75 Å². The second-order valence-electron chi connectivity index (χ2n) is 4.65. The van der Waals surface area contributed by atoms with Gasteiger partial charge in [-0.3, -0.25) is 4.79 Å². The van der Waals surface area contributed by atoms with Crippen molar-refractivity contribution < 1.29 is 9.53 Å². The molecule has 3 N–H and O–H groups in total. The summed E-state index contributed by atoms with van der Waals surface area (Å²) in [6.45, 7) is 2.34. The Kier molecular flexibility index (Phi) is 5.36. The standard InChI is InChI=1S/C16H17BrN2O2/c1-11-7-13(17)5-6-15(11)19-16(20)10-21-14-4-2-3-12(8-14)9-18/h2-8H,9-10,18H2,1H3,(H,19,20). The van der Waals surface area contributed by atoms with Crippen LogP contribution in [0.3, 0.4) is 0 Å². The highest BCUT2D eigenvalue weighted by atomic mass is 79.9. The Bertz CT molecular complexity index is 644. The third-order valence-corrected chi connectivity index (χ3v) is 3.46. The topological polar surface area (TPSA) is 64.3 Å². The van der Waals surface area contributed by atoms with Crippen LogP contribution in [0.2, 0.25) is 0 Å². The summed E-state index contributed by atoms with van der Waals surface area (Å²) >= 11 is 3.39. The van der Waals surface area contributed by atoms with E-state index in [1.54, 1.807) is 6.07 Å². The first kappa shape index (κ1) is 15.5. The minimum absolute atomic E-state index is 0.0382. The van der Waals surface area contributed by atoms with Crippen LogP contribution in [0.4, 0.5) is 5.69 Å². The molecule has 0 saturated heterocycles. The zero-order chi connectivity index (χ0) is 15.2. The molecular weight excluding hydrogens is 332 g/mol. The first-order valence-corrected chi connectivity index (χ1v) is 7.35. The summed E-state index contributed by atoms with van der Waals surface area (Å²) in [4.78, 5) is 11.9. The van der Waals surface area contributed by atoms with Gasteiger partial charge in [-0.15, -0.1) is 0 Å². The quantitative estimate of drug-likeness (QED) is 0.871. The summed E-state index contributed by atoms with van der Waals surface area (Å²) in [6, 6.07) is 13.1. The number of aryl methyl sites for hydroxylation is 1. The molecular formula is C16H17BrN2O2. The number of benzene rings is 2. The van der Waals surface area contributed by atoms with Crippen LogP contribution in [0, 0.1) is 6.92 Å². The third kappa shape index (κ3) is 4.58. The van der Waals surface area contributed by atoms with Gasteiger partial charge in [0.25, 0.3) is 5.91 Å². The molecule has 2 rings (SSSR count). The lowest BCUT2D eigenvalue weighted by molar-refractivity contribution is -0.118. The number of hydrogen-bond donors (Lipinski definition) is 2. The minimum atomic E-state index is -0.196. The molecule has 2 aromatic carbocycles. The van der Waals surface area contributed by atoms with E-state index in [1.165, 1.54) is 0 Å². The molecule has 0 aromatic heterocycles. The summed E-state index contributed by atoms with van der Waals surface area (Å²) in [5, 5.41) is 2.83. The molecule has 0 atom stereocenters. The normalized spacial score (nSPS) is 10.2. The molecule has 0 aliphatic heterocycles. The molecule has 0 bridgehead atoms. The van der Waals surface area contributed by atoms with Crippen molar-refractivity contribution in [2.75, 3.05) is 11.9 Å². The van der Waals surface area contributed by atoms with E-state index in [0.717, 1.165) is 21.3 Å². The Balaban J connectivity index is 1.92. The molecule has 5 heteroatoms. The van der Waals surface area contributed by atoms with E-state index in [0.29, 0.717) is 12.3 Å². The Morgan fingerprint density at radius 3 is 2.81 bits per heavy atom. The van der Waals surface area contributed by atoms with Gasteiger partial charge in [0.2, 0.25) is 0 Å². The van der Waals surface area contributed by atoms with Crippen molar-refractivity contribution in [2.24, 2.45) is 5.73 Å². The van der Waals surface area contributed by atoms with Gasteiger partial charge < -0.3 is 15.8 Å². The van der Waals surface area contributed by atoms with Crippen molar-refractivity contribution in [2.45, 2.75) is 13.5 Å². The SMILES string of the molecule is Cc1cc(Br)ccc1NC(=O)COc1cccc(CN)c1. The first-order chi connectivity index (χ1) is 10.1. The smallest absolute Gasteiger partial charge is 0.262 e. The molecule has 0 spiro atoms. The molecule has 4 nitrogen and oxygen atoms in total. The second kappa shape index (κ2) is 7.24. The highest BCUT2D eigenvalue weighted by Crippen LogP contribution is 2.20. The maximum Gasteiger partial charge on any atom is 0.262 e. The lowest BCUT2D eigenvalue weighted by atomic mass is 10.2. The van der Waals surface area contributed by atoms with Crippen molar-refractivity contribution in [3.8, 4) is 5.75 Å². The molecule has 21 heavy (non-hydrogen) atoms. The lowest BCUT2D eigenvalue weighted by Gasteiger charge is -2.10.